The summed E-state index contributed by atoms with van der Waals surface area (Å²) in [4.78, 5) is 6.65. The first-order chi connectivity index (χ1) is 14.7. The summed E-state index contributed by atoms with van der Waals surface area (Å²) < 4.78 is 16.8. The van der Waals surface area contributed by atoms with Gasteiger partial charge in [0.15, 0.2) is 11.7 Å². The number of hydrogen-bond acceptors (Lipinski definition) is 6. The van der Waals surface area contributed by atoms with Gasteiger partial charge in [0, 0.05) is 44.9 Å². The molecule has 0 radical (unpaired) electrons. The van der Waals surface area contributed by atoms with Gasteiger partial charge in [0.2, 0.25) is 0 Å². The van der Waals surface area contributed by atoms with Crippen LogP contribution in [0.1, 0.15) is 36.8 Å². The standard InChI is InChI=1S/C22H33N5O3/c1-17(2)20-14-19(30-26-20)16-25-22(23-3)24-15-18-6-4-5-7-21(18)29-13-10-27-8-11-28-12-9-27/h4-7,14,17H,8-13,15-16H2,1-3H3,(H2,23,24,25). The summed E-state index contributed by atoms with van der Waals surface area (Å²) in [6.45, 7) is 10.4. The van der Waals surface area contributed by atoms with Gasteiger partial charge in [-0.25, -0.2) is 0 Å². The molecule has 1 aromatic heterocycles. The van der Waals surface area contributed by atoms with Gasteiger partial charge in [0.25, 0.3) is 0 Å². The number of guanidine groups is 1. The number of nitrogens with one attached hydrogen (secondary N) is 2. The Morgan fingerprint density at radius 1 is 1.20 bits per heavy atom. The Hall–Kier alpha value is -2.58. The Bertz CT molecular complexity index is 800. The van der Waals surface area contributed by atoms with E-state index < -0.39 is 0 Å². The van der Waals surface area contributed by atoms with Crippen molar-refractivity contribution in [2.45, 2.75) is 32.9 Å². The first-order valence-electron chi connectivity index (χ1n) is 10.6. The lowest BCUT2D eigenvalue weighted by Crippen LogP contribution is -2.38. The van der Waals surface area contributed by atoms with E-state index in [1.165, 1.54) is 0 Å². The second kappa shape index (κ2) is 11.6. The van der Waals surface area contributed by atoms with Crippen molar-refractivity contribution in [3.8, 4) is 5.75 Å². The topological polar surface area (TPSA) is 84.2 Å². The van der Waals surface area contributed by atoms with Gasteiger partial charge >= 0.3 is 0 Å². The molecule has 0 bridgehead atoms. The Labute approximate surface area is 178 Å². The number of nitrogens with zero attached hydrogens (tertiary/aromatic N) is 3. The summed E-state index contributed by atoms with van der Waals surface area (Å²) in [6.07, 6.45) is 0. The van der Waals surface area contributed by atoms with Gasteiger partial charge in [0.05, 0.1) is 25.5 Å². The Morgan fingerprint density at radius 3 is 2.70 bits per heavy atom. The molecule has 30 heavy (non-hydrogen) atoms. The maximum Gasteiger partial charge on any atom is 0.191 e. The highest BCUT2D eigenvalue weighted by molar-refractivity contribution is 5.79. The monoisotopic (exact) mass is 415 g/mol. The highest BCUT2D eigenvalue weighted by atomic mass is 16.5. The van der Waals surface area contributed by atoms with Crippen LogP contribution in [0, 0.1) is 0 Å². The van der Waals surface area contributed by atoms with E-state index in [4.69, 9.17) is 14.0 Å². The predicted octanol–water partition coefficient (Wildman–Crippen LogP) is 2.37. The van der Waals surface area contributed by atoms with Crippen LogP contribution in [0.15, 0.2) is 39.8 Å². The van der Waals surface area contributed by atoms with Crippen LogP contribution in [0.4, 0.5) is 0 Å². The molecule has 2 heterocycles. The Balaban J connectivity index is 1.46. The van der Waals surface area contributed by atoms with E-state index in [0.717, 1.165) is 55.6 Å². The van der Waals surface area contributed by atoms with Crippen LogP contribution in [0.2, 0.25) is 0 Å². The highest BCUT2D eigenvalue weighted by Crippen LogP contribution is 2.18. The van der Waals surface area contributed by atoms with E-state index in [-0.39, 0.29) is 0 Å². The molecule has 1 aliphatic heterocycles. The summed E-state index contributed by atoms with van der Waals surface area (Å²) in [5.74, 6) is 2.72. The van der Waals surface area contributed by atoms with Crippen molar-refractivity contribution in [2.24, 2.45) is 4.99 Å². The summed E-state index contributed by atoms with van der Waals surface area (Å²) >= 11 is 0. The number of hydrogen-bond donors (Lipinski definition) is 2. The third kappa shape index (κ3) is 6.74. The Kier molecular flexibility index (Phi) is 8.53. The SMILES string of the molecule is CN=C(NCc1cc(C(C)C)no1)NCc1ccccc1OCCN1CCOCC1. The lowest BCUT2D eigenvalue weighted by molar-refractivity contribution is 0.0322. The molecule has 1 aliphatic rings. The van der Waals surface area contributed by atoms with E-state index in [0.29, 0.717) is 31.6 Å². The average Bonchev–Trinajstić information content (AvgIpc) is 3.25. The molecule has 3 rings (SSSR count). The van der Waals surface area contributed by atoms with E-state index in [1.807, 2.05) is 24.3 Å². The first kappa shape index (κ1) is 22.1. The first-order valence-corrected chi connectivity index (χ1v) is 10.6. The van der Waals surface area contributed by atoms with Crippen LogP contribution >= 0.6 is 0 Å². The minimum absolute atomic E-state index is 0.347. The molecular weight excluding hydrogens is 382 g/mol. The predicted molar refractivity (Wildman–Crippen MR) is 117 cm³/mol. The van der Waals surface area contributed by atoms with E-state index >= 15 is 0 Å². The molecule has 164 valence electrons. The molecule has 0 unspecified atom stereocenters. The van der Waals surface area contributed by atoms with Crippen molar-refractivity contribution in [2.75, 3.05) is 46.5 Å². The number of benzene rings is 1. The Morgan fingerprint density at radius 2 is 1.97 bits per heavy atom. The van der Waals surface area contributed by atoms with Crippen LogP contribution in [-0.2, 0) is 17.8 Å². The molecule has 0 saturated carbocycles. The number of para-hydroxylation sites is 1. The molecule has 1 fully saturated rings. The lowest BCUT2D eigenvalue weighted by Gasteiger charge is -2.26. The van der Waals surface area contributed by atoms with E-state index in [2.05, 4.69) is 45.6 Å². The summed E-state index contributed by atoms with van der Waals surface area (Å²) in [7, 11) is 1.75. The van der Waals surface area contributed by atoms with Crippen LogP contribution in [0.3, 0.4) is 0 Å². The zero-order chi connectivity index (χ0) is 21.2. The fraction of sp³-hybridized carbons (Fsp3) is 0.545. The second-order valence-electron chi connectivity index (χ2n) is 7.56. The fourth-order valence-electron chi connectivity index (χ4n) is 3.15. The van der Waals surface area contributed by atoms with Crippen molar-refractivity contribution in [1.82, 2.24) is 20.7 Å². The molecule has 1 saturated heterocycles. The molecular formula is C22H33N5O3. The van der Waals surface area contributed by atoms with Crippen LogP contribution < -0.4 is 15.4 Å². The largest absolute Gasteiger partial charge is 0.492 e. The number of aromatic nitrogens is 1. The number of aliphatic imine (C=N–C) groups is 1. The quantitative estimate of drug-likeness (QED) is 0.480. The summed E-state index contributed by atoms with van der Waals surface area (Å²) in [6, 6.07) is 10.1. The number of ether oxygens (including phenoxy) is 2. The third-order valence-corrected chi connectivity index (χ3v) is 5.01. The molecule has 8 heteroatoms. The smallest absolute Gasteiger partial charge is 0.191 e. The molecule has 2 aromatic rings. The molecule has 0 aliphatic carbocycles. The van der Waals surface area contributed by atoms with Gasteiger partial charge in [-0.2, -0.15) is 0 Å². The van der Waals surface area contributed by atoms with Gasteiger partial charge in [0.1, 0.15) is 12.4 Å². The van der Waals surface area contributed by atoms with Crippen molar-refractivity contribution in [1.29, 1.82) is 0 Å². The van der Waals surface area contributed by atoms with Gasteiger partial charge in [-0.3, -0.25) is 9.89 Å². The number of morpholine rings is 1. The molecule has 8 nitrogen and oxygen atoms in total. The average molecular weight is 416 g/mol. The van der Waals surface area contributed by atoms with Crippen molar-refractivity contribution >= 4 is 5.96 Å². The molecule has 0 spiro atoms. The molecule has 0 amide bonds. The van der Waals surface area contributed by atoms with Gasteiger partial charge < -0.3 is 24.6 Å². The minimum Gasteiger partial charge on any atom is -0.492 e. The van der Waals surface area contributed by atoms with Gasteiger partial charge in [-0.1, -0.05) is 37.2 Å². The maximum atomic E-state index is 6.05. The third-order valence-electron chi connectivity index (χ3n) is 5.01. The molecule has 1 aromatic carbocycles. The van der Waals surface area contributed by atoms with E-state index in [1.54, 1.807) is 7.05 Å². The normalized spacial score (nSPS) is 15.4. The fourth-order valence-corrected chi connectivity index (χ4v) is 3.15. The molecule has 2 N–H and O–H groups in total. The van der Waals surface area contributed by atoms with E-state index in [9.17, 15) is 0 Å². The van der Waals surface area contributed by atoms with Gasteiger partial charge in [-0.15, -0.1) is 0 Å². The van der Waals surface area contributed by atoms with Crippen LogP contribution in [0.25, 0.3) is 0 Å². The zero-order valence-corrected chi connectivity index (χ0v) is 18.2. The summed E-state index contributed by atoms with van der Waals surface area (Å²) in [5.41, 5.74) is 2.04. The highest BCUT2D eigenvalue weighted by Gasteiger charge is 2.11. The number of rotatable bonds is 9. The minimum atomic E-state index is 0.347. The maximum absolute atomic E-state index is 6.05. The van der Waals surface area contributed by atoms with Crippen LogP contribution in [-0.4, -0.2) is 62.5 Å². The van der Waals surface area contributed by atoms with Crippen molar-refractivity contribution < 1.29 is 14.0 Å². The second-order valence-corrected chi connectivity index (χ2v) is 7.56. The van der Waals surface area contributed by atoms with Crippen molar-refractivity contribution in [3.63, 3.8) is 0 Å². The zero-order valence-electron chi connectivity index (χ0n) is 18.2. The van der Waals surface area contributed by atoms with Crippen molar-refractivity contribution in [3.05, 3.63) is 47.3 Å². The lowest BCUT2D eigenvalue weighted by atomic mass is 10.1. The van der Waals surface area contributed by atoms with Crippen LogP contribution in [0.5, 0.6) is 5.75 Å². The van der Waals surface area contributed by atoms with Gasteiger partial charge in [-0.05, 0) is 12.0 Å². The summed E-state index contributed by atoms with van der Waals surface area (Å²) in [5, 5.41) is 10.7. The molecule has 0 atom stereocenters.